The van der Waals surface area contributed by atoms with Gasteiger partial charge in [0.25, 0.3) is 5.91 Å². The number of para-hydroxylation sites is 1. The summed E-state index contributed by atoms with van der Waals surface area (Å²) in [6, 6.07) is 23.9. The second kappa shape index (κ2) is 12.0. The Hall–Kier alpha value is -3.42. The Labute approximate surface area is 221 Å². The quantitative estimate of drug-likeness (QED) is 0.184. The summed E-state index contributed by atoms with van der Waals surface area (Å²) in [4.78, 5) is 28.3. The standard InChI is InChI=1S/C29H27NO4S2/c1-3-17-33-28(32)26(22-9-5-4-6-10-22)30-27(31)25(36-29(30)35)18-23-11-7-8-12-24(23)34-19-21-15-13-20(2)14-16-21/h4-16,18,26H,3,17,19H2,1-2H3/b25-18+. The van der Waals surface area contributed by atoms with Crippen molar-refractivity contribution < 1.29 is 19.1 Å². The lowest BCUT2D eigenvalue weighted by atomic mass is 10.1. The molecule has 1 aliphatic heterocycles. The van der Waals surface area contributed by atoms with Crippen LogP contribution < -0.4 is 4.74 Å². The third-order valence-electron chi connectivity index (χ3n) is 5.59. The minimum Gasteiger partial charge on any atom is -0.488 e. The third kappa shape index (κ3) is 6.04. The lowest BCUT2D eigenvalue weighted by molar-refractivity contribution is -0.151. The van der Waals surface area contributed by atoms with Crippen LogP contribution in [-0.4, -0.2) is 27.7 Å². The van der Waals surface area contributed by atoms with Gasteiger partial charge in [-0.3, -0.25) is 9.69 Å². The molecule has 0 bridgehead atoms. The van der Waals surface area contributed by atoms with Crippen molar-refractivity contribution in [3.05, 3.63) is 106 Å². The molecule has 5 nitrogen and oxygen atoms in total. The predicted octanol–water partition coefficient (Wildman–Crippen LogP) is 6.47. The van der Waals surface area contributed by atoms with Gasteiger partial charge in [-0.05, 0) is 36.6 Å². The Bertz CT molecular complexity index is 1270. The minimum atomic E-state index is -0.941. The summed E-state index contributed by atoms with van der Waals surface area (Å²) >= 11 is 6.74. The molecule has 1 aliphatic rings. The maximum absolute atomic E-state index is 13.5. The second-order valence-electron chi connectivity index (χ2n) is 8.34. The maximum atomic E-state index is 13.5. The highest BCUT2D eigenvalue weighted by Gasteiger charge is 2.42. The van der Waals surface area contributed by atoms with Crippen LogP contribution in [0.1, 0.15) is 41.6 Å². The molecule has 4 rings (SSSR count). The number of amides is 1. The first-order chi connectivity index (χ1) is 17.5. The van der Waals surface area contributed by atoms with Crippen LogP contribution in [0.2, 0.25) is 0 Å². The number of benzene rings is 3. The van der Waals surface area contributed by atoms with E-state index in [2.05, 4.69) is 0 Å². The monoisotopic (exact) mass is 517 g/mol. The summed E-state index contributed by atoms with van der Waals surface area (Å²) in [6.45, 7) is 4.65. The lowest BCUT2D eigenvalue weighted by Gasteiger charge is -2.25. The van der Waals surface area contributed by atoms with E-state index in [1.807, 2.05) is 80.6 Å². The Kier molecular flexibility index (Phi) is 8.57. The van der Waals surface area contributed by atoms with E-state index < -0.39 is 12.0 Å². The van der Waals surface area contributed by atoms with Crippen LogP contribution in [-0.2, 0) is 20.9 Å². The molecule has 1 unspecified atom stereocenters. The number of hydrogen-bond donors (Lipinski definition) is 0. The molecular formula is C29H27NO4S2. The average molecular weight is 518 g/mol. The molecular weight excluding hydrogens is 490 g/mol. The van der Waals surface area contributed by atoms with Crippen molar-refractivity contribution in [1.29, 1.82) is 0 Å². The molecule has 0 N–H and O–H groups in total. The highest BCUT2D eigenvalue weighted by Crippen LogP contribution is 2.39. The van der Waals surface area contributed by atoms with Crippen molar-refractivity contribution in [1.82, 2.24) is 4.90 Å². The van der Waals surface area contributed by atoms with Gasteiger partial charge in [-0.15, -0.1) is 0 Å². The van der Waals surface area contributed by atoms with E-state index in [1.54, 1.807) is 18.2 Å². The van der Waals surface area contributed by atoms with E-state index in [0.29, 0.717) is 33.6 Å². The Morgan fingerprint density at radius 3 is 2.44 bits per heavy atom. The number of esters is 1. The van der Waals surface area contributed by atoms with Gasteiger partial charge in [-0.25, -0.2) is 4.79 Å². The van der Waals surface area contributed by atoms with Gasteiger partial charge in [0.15, 0.2) is 6.04 Å². The zero-order chi connectivity index (χ0) is 25.5. The minimum absolute atomic E-state index is 0.276. The van der Waals surface area contributed by atoms with Crippen LogP contribution in [0.4, 0.5) is 0 Å². The van der Waals surface area contributed by atoms with Gasteiger partial charge in [0, 0.05) is 5.56 Å². The van der Waals surface area contributed by atoms with Gasteiger partial charge in [0.2, 0.25) is 0 Å². The topological polar surface area (TPSA) is 55.8 Å². The first-order valence-electron chi connectivity index (χ1n) is 11.7. The molecule has 1 saturated heterocycles. The van der Waals surface area contributed by atoms with Crippen molar-refractivity contribution in [3.8, 4) is 5.75 Å². The molecule has 0 aromatic heterocycles. The van der Waals surface area contributed by atoms with E-state index >= 15 is 0 Å². The number of nitrogens with zero attached hydrogens (tertiary/aromatic N) is 1. The molecule has 1 atom stereocenters. The van der Waals surface area contributed by atoms with Gasteiger partial charge in [-0.1, -0.05) is 109 Å². The van der Waals surface area contributed by atoms with Crippen LogP contribution >= 0.6 is 24.0 Å². The van der Waals surface area contributed by atoms with Crippen LogP contribution in [0.15, 0.2) is 83.8 Å². The summed E-state index contributed by atoms with van der Waals surface area (Å²) in [5, 5.41) is 0. The number of thioether (sulfide) groups is 1. The van der Waals surface area contributed by atoms with Crippen molar-refractivity contribution in [2.24, 2.45) is 0 Å². The van der Waals surface area contributed by atoms with E-state index in [-0.39, 0.29) is 12.5 Å². The van der Waals surface area contributed by atoms with E-state index in [4.69, 9.17) is 21.7 Å². The molecule has 36 heavy (non-hydrogen) atoms. The smallest absolute Gasteiger partial charge is 0.333 e. The Morgan fingerprint density at radius 1 is 1.03 bits per heavy atom. The fourth-order valence-corrected chi connectivity index (χ4v) is 5.03. The van der Waals surface area contributed by atoms with Gasteiger partial charge in [0.1, 0.15) is 16.7 Å². The molecule has 3 aromatic carbocycles. The molecule has 1 fully saturated rings. The van der Waals surface area contributed by atoms with E-state index in [0.717, 1.165) is 11.1 Å². The number of carbonyl (C=O) groups is 2. The highest BCUT2D eigenvalue weighted by atomic mass is 32.2. The predicted molar refractivity (Wildman–Crippen MR) is 147 cm³/mol. The van der Waals surface area contributed by atoms with E-state index in [1.165, 1.54) is 22.2 Å². The average Bonchev–Trinajstić information content (AvgIpc) is 3.16. The van der Waals surface area contributed by atoms with Crippen molar-refractivity contribution in [2.45, 2.75) is 32.9 Å². The number of hydrogen-bond acceptors (Lipinski definition) is 6. The maximum Gasteiger partial charge on any atom is 0.333 e. The second-order valence-corrected chi connectivity index (χ2v) is 10.0. The van der Waals surface area contributed by atoms with Crippen LogP contribution in [0.5, 0.6) is 5.75 Å². The summed E-state index contributed by atoms with van der Waals surface area (Å²) in [7, 11) is 0. The number of aryl methyl sites for hydroxylation is 1. The zero-order valence-corrected chi connectivity index (χ0v) is 21.8. The summed E-state index contributed by atoms with van der Waals surface area (Å²) in [6.07, 6.45) is 2.45. The first kappa shape index (κ1) is 25.7. The normalized spacial score (nSPS) is 15.3. The highest BCUT2D eigenvalue weighted by molar-refractivity contribution is 8.26. The molecule has 1 heterocycles. The van der Waals surface area contributed by atoms with Gasteiger partial charge >= 0.3 is 5.97 Å². The van der Waals surface area contributed by atoms with E-state index in [9.17, 15) is 9.59 Å². The summed E-state index contributed by atoms with van der Waals surface area (Å²) < 4.78 is 11.8. The fraction of sp³-hybridized carbons (Fsp3) is 0.207. The zero-order valence-electron chi connectivity index (χ0n) is 20.2. The number of carbonyl (C=O) groups excluding carboxylic acids is 2. The van der Waals surface area contributed by atoms with Crippen LogP contribution in [0.25, 0.3) is 6.08 Å². The summed E-state index contributed by atoms with van der Waals surface area (Å²) in [5.41, 5.74) is 3.65. The first-order valence-corrected chi connectivity index (χ1v) is 13.0. The summed E-state index contributed by atoms with van der Waals surface area (Å²) in [5.74, 6) is -0.173. The van der Waals surface area contributed by atoms with Crippen molar-refractivity contribution in [3.63, 3.8) is 0 Å². The van der Waals surface area contributed by atoms with Crippen molar-refractivity contribution in [2.75, 3.05) is 6.61 Å². The Balaban J connectivity index is 1.59. The van der Waals surface area contributed by atoms with Crippen molar-refractivity contribution >= 4 is 46.3 Å². The molecule has 184 valence electrons. The van der Waals surface area contributed by atoms with Crippen LogP contribution in [0, 0.1) is 6.92 Å². The largest absolute Gasteiger partial charge is 0.488 e. The van der Waals surface area contributed by atoms with Gasteiger partial charge < -0.3 is 9.47 Å². The van der Waals surface area contributed by atoms with Gasteiger partial charge in [0.05, 0.1) is 11.5 Å². The molecule has 0 spiro atoms. The SMILES string of the molecule is CCCOC(=O)C(c1ccccc1)N1C(=O)/C(=C\c2ccccc2OCc2ccc(C)cc2)SC1=S. The molecule has 7 heteroatoms. The molecule has 3 aromatic rings. The number of rotatable bonds is 9. The molecule has 0 saturated carbocycles. The number of thiocarbonyl (C=S) groups is 1. The number of ether oxygens (including phenoxy) is 2. The lowest BCUT2D eigenvalue weighted by Crippen LogP contribution is -2.38. The molecule has 0 aliphatic carbocycles. The van der Waals surface area contributed by atoms with Gasteiger partial charge in [-0.2, -0.15) is 0 Å². The Morgan fingerprint density at radius 2 is 1.72 bits per heavy atom. The third-order valence-corrected chi connectivity index (χ3v) is 6.92. The fourth-order valence-electron chi connectivity index (χ4n) is 3.73. The molecule has 0 radical (unpaired) electrons. The van der Waals surface area contributed by atoms with Crippen LogP contribution in [0.3, 0.4) is 0 Å². The molecule has 1 amide bonds.